The molecule has 0 saturated carbocycles. The number of aromatic nitrogens is 2. The van der Waals surface area contributed by atoms with Gasteiger partial charge in [0, 0.05) is 6.20 Å². The highest BCUT2D eigenvalue weighted by molar-refractivity contribution is 5.82. The molecule has 0 aliphatic heterocycles. The number of aryl methyl sites for hydroxylation is 1. The first-order valence-electron chi connectivity index (χ1n) is 7.11. The van der Waals surface area contributed by atoms with Gasteiger partial charge in [-0.15, -0.1) is 0 Å². The van der Waals surface area contributed by atoms with Crippen molar-refractivity contribution in [1.29, 1.82) is 0 Å². The average molecular weight is 297 g/mol. The third-order valence-electron chi connectivity index (χ3n) is 3.70. The highest BCUT2D eigenvalue weighted by Crippen LogP contribution is 2.26. The normalized spacial score (nSPS) is 11.0. The number of pyridine rings is 1. The molecule has 0 radical (unpaired) electrons. The van der Waals surface area contributed by atoms with E-state index in [0.717, 1.165) is 16.7 Å². The molecule has 0 unspecified atom stereocenters. The number of aldehydes is 1. The van der Waals surface area contributed by atoms with Crippen molar-refractivity contribution in [2.24, 2.45) is 0 Å². The summed E-state index contributed by atoms with van der Waals surface area (Å²) in [5.74, 6) is 0.220. The molecule has 4 nitrogen and oxygen atoms in total. The predicted molar refractivity (Wildman–Crippen MR) is 84.7 cm³/mol. The number of imidazole rings is 1. The van der Waals surface area contributed by atoms with Crippen molar-refractivity contribution in [3.05, 3.63) is 53.9 Å². The van der Waals surface area contributed by atoms with Crippen molar-refractivity contribution < 1.29 is 9.18 Å². The Morgan fingerprint density at radius 1 is 1.23 bits per heavy atom. The first-order chi connectivity index (χ1) is 10.7. The summed E-state index contributed by atoms with van der Waals surface area (Å²) in [5.41, 5.74) is 9.78. The molecule has 0 aliphatic rings. The van der Waals surface area contributed by atoms with Crippen molar-refractivity contribution in [2.45, 2.75) is 12.8 Å². The molecule has 112 valence electrons. The van der Waals surface area contributed by atoms with Gasteiger partial charge >= 0.3 is 0 Å². The lowest BCUT2D eigenvalue weighted by Crippen LogP contribution is -1.96. The van der Waals surface area contributed by atoms with Crippen LogP contribution in [-0.2, 0) is 6.42 Å². The van der Waals surface area contributed by atoms with Gasteiger partial charge in [-0.2, -0.15) is 0 Å². The third-order valence-corrected chi connectivity index (χ3v) is 3.70. The van der Waals surface area contributed by atoms with E-state index < -0.39 is 0 Å². The van der Waals surface area contributed by atoms with Gasteiger partial charge in [0.15, 0.2) is 12.1 Å². The number of hydrogen-bond donors (Lipinski definition) is 1. The lowest BCUT2D eigenvalue weighted by Gasteiger charge is -2.09. The molecule has 3 aromatic rings. The Kier molecular flexibility index (Phi) is 3.87. The maximum Gasteiger partial charge on any atom is 0.170 e. The van der Waals surface area contributed by atoms with Crippen molar-refractivity contribution in [3.63, 3.8) is 0 Å². The zero-order valence-corrected chi connectivity index (χ0v) is 12.0. The van der Waals surface area contributed by atoms with Crippen LogP contribution in [0, 0.1) is 0 Å². The summed E-state index contributed by atoms with van der Waals surface area (Å²) in [5, 5.41) is 0. The number of benzene rings is 1. The zero-order valence-electron chi connectivity index (χ0n) is 12.0. The molecule has 3 rings (SSSR count). The first-order valence-corrected chi connectivity index (χ1v) is 7.11. The fraction of sp³-hybridized carbons (Fsp3) is 0.176. The molecule has 0 saturated heterocycles. The molecule has 0 fully saturated rings. The van der Waals surface area contributed by atoms with E-state index in [0.29, 0.717) is 30.5 Å². The lowest BCUT2D eigenvalue weighted by atomic mass is 9.98. The predicted octanol–water partition coefficient (Wildman–Crippen LogP) is 3.30. The van der Waals surface area contributed by atoms with Crippen LogP contribution in [0.2, 0.25) is 0 Å². The monoisotopic (exact) mass is 297 g/mol. The minimum atomic E-state index is -0.333. The molecular formula is C17H16FN3O. The van der Waals surface area contributed by atoms with Gasteiger partial charge in [0.2, 0.25) is 0 Å². The second-order valence-electron chi connectivity index (χ2n) is 5.10. The Morgan fingerprint density at radius 3 is 2.82 bits per heavy atom. The standard InChI is InChI=1S/C17H16FN3O/c18-9-3-5-12-4-1-2-6-14(12)13-7-8-16-20-17(19)15(11-22)21(16)10-13/h1-2,4,6-8,10-11H,3,5,9,19H2. The number of anilines is 1. The Labute approximate surface area is 127 Å². The summed E-state index contributed by atoms with van der Waals surface area (Å²) in [6, 6.07) is 11.6. The summed E-state index contributed by atoms with van der Waals surface area (Å²) < 4.78 is 14.1. The lowest BCUT2D eigenvalue weighted by molar-refractivity contribution is 0.111. The highest BCUT2D eigenvalue weighted by Gasteiger charge is 2.11. The molecule has 5 heteroatoms. The van der Waals surface area contributed by atoms with Gasteiger partial charge in [-0.1, -0.05) is 24.3 Å². The van der Waals surface area contributed by atoms with Crippen molar-refractivity contribution in [3.8, 4) is 11.1 Å². The van der Waals surface area contributed by atoms with Crippen molar-refractivity contribution in [2.75, 3.05) is 12.4 Å². The zero-order chi connectivity index (χ0) is 15.5. The van der Waals surface area contributed by atoms with Gasteiger partial charge in [-0.25, -0.2) is 4.98 Å². The van der Waals surface area contributed by atoms with E-state index in [9.17, 15) is 9.18 Å². The summed E-state index contributed by atoms with van der Waals surface area (Å²) in [6.07, 6.45) is 3.72. The highest BCUT2D eigenvalue weighted by atomic mass is 19.1. The molecule has 2 aromatic heterocycles. The number of alkyl halides is 1. The van der Waals surface area contributed by atoms with Gasteiger partial charge in [0.25, 0.3) is 0 Å². The van der Waals surface area contributed by atoms with Crippen LogP contribution >= 0.6 is 0 Å². The number of carbonyl (C=O) groups excluding carboxylic acids is 1. The van der Waals surface area contributed by atoms with E-state index in [2.05, 4.69) is 4.98 Å². The molecule has 0 aliphatic carbocycles. The molecule has 0 spiro atoms. The smallest absolute Gasteiger partial charge is 0.170 e. The molecule has 2 heterocycles. The second kappa shape index (κ2) is 5.97. The Bertz CT molecular complexity index is 826. The molecule has 0 atom stereocenters. The van der Waals surface area contributed by atoms with Crippen LogP contribution in [0.3, 0.4) is 0 Å². The maximum absolute atomic E-state index is 12.5. The van der Waals surface area contributed by atoms with Gasteiger partial charge in [-0.05, 0) is 41.7 Å². The van der Waals surface area contributed by atoms with Gasteiger partial charge in [-0.3, -0.25) is 13.6 Å². The number of nitrogen functional groups attached to an aromatic ring is 1. The first kappa shape index (κ1) is 14.3. The topological polar surface area (TPSA) is 60.4 Å². The number of hydrogen-bond acceptors (Lipinski definition) is 3. The van der Waals surface area contributed by atoms with E-state index in [1.54, 1.807) is 4.40 Å². The van der Waals surface area contributed by atoms with Crippen LogP contribution in [0.5, 0.6) is 0 Å². The summed E-state index contributed by atoms with van der Waals surface area (Å²) >= 11 is 0. The van der Waals surface area contributed by atoms with Gasteiger partial charge < -0.3 is 5.73 Å². The molecule has 0 bridgehead atoms. The quantitative estimate of drug-likeness (QED) is 0.735. The van der Waals surface area contributed by atoms with Crippen LogP contribution < -0.4 is 5.73 Å². The average Bonchev–Trinajstić information content (AvgIpc) is 2.87. The van der Waals surface area contributed by atoms with E-state index in [1.807, 2.05) is 42.6 Å². The largest absolute Gasteiger partial charge is 0.382 e. The van der Waals surface area contributed by atoms with Crippen LogP contribution in [-0.4, -0.2) is 22.3 Å². The Hall–Kier alpha value is -2.69. The van der Waals surface area contributed by atoms with Gasteiger partial charge in [0.05, 0.1) is 6.67 Å². The fourth-order valence-electron chi connectivity index (χ4n) is 2.63. The second-order valence-corrected chi connectivity index (χ2v) is 5.10. The van der Waals surface area contributed by atoms with Crippen LogP contribution in [0.15, 0.2) is 42.6 Å². The van der Waals surface area contributed by atoms with E-state index in [-0.39, 0.29) is 12.5 Å². The number of nitrogens with zero attached hydrogens (tertiary/aromatic N) is 2. The van der Waals surface area contributed by atoms with Crippen LogP contribution in [0.4, 0.5) is 10.2 Å². The number of fused-ring (bicyclic) bond motifs is 1. The Morgan fingerprint density at radius 2 is 2.05 bits per heavy atom. The Balaban J connectivity index is 2.12. The molecule has 1 aromatic carbocycles. The minimum absolute atomic E-state index is 0.220. The molecular weight excluding hydrogens is 281 g/mol. The van der Waals surface area contributed by atoms with Crippen LogP contribution in [0.1, 0.15) is 22.5 Å². The summed E-state index contributed by atoms with van der Waals surface area (Å²) in [7, 11) is 0. The molecule has 2 N–H and O–H groups in total. The van der Waals surface area contributed by atoms with E-state index in [1.165, 1.54) is 0 Å². The number of halogens is 1. The number of rotatable bonds is 5. The van der Waals surface area contributed by atoms with E-state index >= 15 is 0 Å². The summed E-state index contributed by atoms with van der Waals surface area (Å²) in [4.78, 5) is 15.3. The molecule has 0 amide bonds. The molecule has 22 heavy (non-hydrogen) atoms. The van der Waals surface area contributed by atoms with Crippen LogP contribution in [0.25, 0.3) is 16.8 Å². The van der Waals surface area contributed by atoms with Crippen molar-refractivity contribution >= 4 is 17.8 Å². The summed E-state index contributed by atoms with van der Waals surface area (Å²) in [6.45, 7) is -0.333. The number of nitrogens with two attached hydrogens (primary N) is 1. The van der Waals surface area contributed by atoms with Crippen molar-refractivity contribution in [1.82, 2.24) is 9.38 Å². The van der Waals surface area contributed by atoms with E-state index in [4.69, 9.17) is 5.73 Å². The van der Waals surface area contributed by atoms with Gasteiger partial charge in [0.1, 0.15) is 11.3 Å². The maximum atomic E-state index is 12.5. The number of carbonyl (C=O) groups is 1. The third kappa shape index (κ3) is 2.45. The fourth-order valence-corrected chi connectivity index (χ4v) is 2.63. The minimum Gasteiger partial charge on any atom is -0.382 e. The SMILES string of the molecule is Nc1nc2ccc(-c3ccccc3CCCF)cn2c1C=O.